The molecule has 1 aliphatic heterocycles. The first-order chi connectivity index (χ1) is 16.4. The molecule has 0 spiro atoms. The van der Waals surface area contributed by atoms with E-state index in [1.807, 2.05) is 0 Å². The fourth-order valence-corrected chi connectivity index (χ4v) is 3.30. The lowest BCUT2D eigenvalue weighted by molar-refractivity contribution is -0.0549. The molecular formula is C17H27N6O11P. The number of hydrogen-bond acceptors (Lipinski definition) is 13. The Morgan fingerprint density at radius 2 is 1.66 bits per heavy atom. The number of nitrogens with zero attached hydrogens (tertiary/aromatic N) is 4. The molecule has 0 amide bonds. The molecule has 10 N–H and O–H groups in total. The van der Waals surface area contributed by atoms with Crippen LogP contribution in [0, 0.1) is 0 Å². The van der Waals surface area contributed by atoms with E-state index in [4.69, 9.17) is 40.9 Å². The number of rotatable bonds is 8. The highest BCUT2D eigenvalue weighted by Gasteiger charge is 2.43. The monoisotopic (exact) mass is 522 g/mol. The highest BCUT2D eigenvalue weighted by atomic mass is 31.2. The van der Waals surface area contributed by atoms with E-state index in [-0.39, 0.29) is 18.2 Å². The van der Waals surface area contributed by atoms with Gasteiger partial charge in [0.2, 0.25) is 0 Å². The minimum Gasteiger partial charge on any atom is -0.394 e. The predicted molar refractivity (Wildman–Crippen MR) is 118 cm³/mol. The number of aliphatic hydroxyl groups is 4. The second-order valence-electron chi connectivity index (χ2n) is 7.32. The Bertz CT molecular complexity index is 1140. The lowest BCUT2D eigenvalue weighted by Gasteiger charge is -2.16. The van der Waals surface area contributed by atoms with Crippen molar-refractivity contribution in [3.05, 3.63) is 45.5 Å². The van der Waals surface area contributed by atoms with Gasteiger partial charge >= 0.3 is 19.0 Å². The summed E-state index contributed by atoms with van der Waals surface area (Å²) < 4.78 is 22.7. The van der Waals surface area contributed by atoms with Crippen molar-refractivity contribution in [1.29, 1.82) is 0 Å². The maximum Gasteiger partial charge on any atom is 0.351 e. The molecule has 35 heavy (non-hydrogen) atoms. The fraction of sp³-hybridized carbons (Fsp3) is 0.529. The van der Waals surface area contributed by atoms with Crippen molar-refractivity contribution >= 4 is 19.2 Å². The standard InChI is InChI=1S/C9H13N3O5.C8H14N3O6P/c10-5-1-2-12(9(16)11-5)8-7(15)6(14)4(3-13)17-8;9-7-1-2-11(8(13)10-7)3-6(4-12)17-5-18(14,15)16/h1-2,4,6-8,13-15H,3H2,(H2,10,11,16);1-2,6,12H,3-5H2,(H2,9,10,13)(H2,14,15,16)/t4-,6-,7-,8-;6-/m10/s1. The van der Waals surface area contributed by atoms with Crippen LogP contribution in [0.1, 0.15) is 6.23 Å². The van der Waals surface area contributed by atoms with Crippen molar-refractivity contribution in [3.8, 4) is 0 Å². The zero-order valence-corrected chi connectivity index (χ0v) is 19.0. The number of anilines is 2. The summed E-state index contributed by atoms with van der Waals surface area (Å²) >= 11 is 0. The molecule has 1 aliphatic rings. The van der Waals surface area contributed by atoms with Crippen LogP contribution in [0.4, 0.5) is 11.6 Å². The summed E-state index contributed by atoms with van der Waals surface area (Å²) in [6.45, 7) is -1.02. The first-order valence-electron chi connectivity index (χ1n) is 9.93. The zero-order valence-electron chi connectivity index (χ0n) is 18.1. The Morgan fingerprint density at radius 3 is 2.14 bits per heavy atom. The average Bonchev–Trinajstić information content (AvgIpc) is 3.06. The summed E-state index contributed by atoms with van der Waals surface area (Å²) in [6, 6.07) is 2.76. The van der Waals surface area contributed by atoms with Crippen LogP contribution in [-0.2, 0) is 20.6 Å². The molecule has 1 saturated heterocycles. The summed E-state index contributed by atoms with van der Waals surface area (Å²) in [7, 11) is -4.31. The van der Waals surface area contributed by atoms with E-state index in [0.717, 1.165) is 9.13 Å². The topological polar surface area (TPSA) is 279 Å². The van der Waals surface area contributed by atoms with Crippen LogP contribution in [0.25, 0.3) is 0 Å². The van der Waals surface area contributed by atoms with E-state index in [1.54, 1.807) is 0 Å². The van der Waals surface area contributed by atoms with Crippen molar-refractivity contribution in [2.45, 2.75) is 37.2 Å². The fourth-order valence-electron chi connectivity index (χ4n) is 2.90. The minimum absolute atomic E-state index is 0.0537. The molecule has 0 unspecified atom stereocenters. The Morgan fingerprint density at radius 1 is 1.06 bits per heavy atom. The molecule has 0 aromatic carbocycles. The maximum atomic E-state index is 11.5. The minimum atomic E-state index is -4.31. The van der Waals surface area contributed by atoms with Gasteiger partial charge in [0.1, 0.15) is 36.3 Å². The van der Waals surface area contributed by atoms with Gasteiger partial charge in [0, 0.05) is 12.4 Å². The highest BCUT2D eigenvalue weighted by molar-refractivity contribution is 7.51. The van der Waals surface area contributed by atoms with Crippen LogP contribution in [0.3, 0.4) is 0 Å². The number of aromatic nitrogens is 4. The molecule has 0 radical (unpaired) electrons. The number of hydrogen-bond donors (Lipinski definition) is 8. The molecule has 0 bridgehead atoms. The van der Waals surface area contributed by atoms with Crippen LogP contribution < -0.4 is 22.8 Å². The molecular weight excluding hydrogens is 495 g/mol. The molecule has 1 fully saturated rings. The van der Waals surface area contributed by atoms with Crippen molar-refractivity contribution in [1.82, 2.24) is 19.1 Å². The van der Waals surface area contributed by atoms with Gasteiger partial charge in [-0.1, -0.05) is 0 Å². The summed E-state index contributed by atoms with van der Waals surface area (Å²) in [6.07, 6.45) is -3.65. The lowest BCUT2D eigenvalue weighted by Crippen LogP contribution is -2.36. The van der Waals surface area contributed by atoms with Crippen molar-refractivity contribution < 1.29 is 44.3 Å². The van der Waals surface area contributed by atoms with Crippen LogP contribution >= 0.6 is 7.60 Å². The Hall–Kier alpha value is -2.73. The van der Waals surface area contributed by atoms with E-state index in [0.29, 0.717) is 0 Å². The van der Waals surface area contributed by atoms with Gasteiger partial charge in [-0.15, -0.1) is 0 Å². The molecule has 3 rings (SSSR count). The van der Waals surface area contributed by atoms with Gasteiger partial charge in [-0.2, -0.15) is 9.97 Å². The van der Waals surface area contributed by atoms with Crippen molar-refractivity contribution in [3.63, 3.8) is 0 Å². The van der Waals surface area contributed by atoms with E-state index in [2.05, 4.69) is 9.97 Å². The summed E-state index contributed by atoms with van der Waals surface area (Å²) in [4.78, 5) is 47.1. The second kappa shape index (κ2) is 12.3. The van der Waals surface area contributed by atoms with Gasteiger partial charge in [-0.3, -0.25) is 13.7 Å². The third-order valence-electron chi connectivity index (χ3n) is 4.62. The van der Waals surface area contributed by atoms with Crippen LogP contribution in [-0.4, -0.2) is 93.3 Å². The van der Waals surface area contributed by atoms with Crippen molar-refractivity contribution in [2.75, 3.05) is 31.0 Å². The van der Waals surface area contributed by atoms with E-state index in [1.165, 1.54) is 24.5 Å². The summed E-state index contributed by atoms with van der Waals surface area (Å²) in [5.74, 6) is 0.117. The van der Waals surface area contributed by atoms with E-state index >= 15 is 0 Å². The zero-order chi connectivity index (χ0) is 26.3. The molecule has 5 atom stereocenters. The molecule has 0 aliphatic carbocycles. The highest BCUT2D eigenvalue weighted by Crippen LogP contribution is 2.34. The summed E-state index contributed by atoms with van der Waals surface area (Å²) in [5.41, 5.74) is 9.30. The molecule has 18 heteroatoms. The molecule has 196 valence electrons. The van der Waals surface area contributed by atoms with Crippen molar-refractivity contribution in [2.24, 2.45) is 0 Å². The van der Waals surface area contributed by atoms with E-state index < -0.39 is 69.2 Å². The third-order valence-corrected chi connectivity index (χ3v) is 5.11. The molecule has 0 saturated carbocycles. The van der Waals surface area contributed by atoms with Crippen LogP contribution in [0.2, 0.25) is 0 Å². The first-order valence-corrected chi connectivity index (χ1v) is 11.7. The Balaban J connectivity index is 0.000000247. The number of ether oxygens (including phenoxy) is 2. The van der Waals surface area contributed by atoms with Gasteiger partial charge in [-0.05, 0) is 12.1 Å². The first kappa shape index (κ1) is 28.5. The smallest absolute Gasteiger partial charge is 0.351 e. The van der Waals surface area contributed by atoms with Gasteiger partial charge in [0.15, 0.2) is 6.23 Å². The van der Waals surface area contributed by atoms with Gasteiger partial charge < -0.3 is 51.2 Å². The Labute approximate surface area is 197 Å². The van der Waals surface area contributed by atoms with Gasteiger partial charge in [-0.25, -0.2) is 9.59 Å². The summed E-state index contributed by atoms with van der Waals surface area (Å²) in [5, 5.41) is 37.1. The quantitative estimate of drug-likeness (QED) is 0.152. The third kappa shape index (κ3) is 8.17. The number of aliphatic hydroxyl groups excluding tert-OH is 4. The van der Waals surface area contributed by atoms with Gasteiger partial charge in [0.05, 0.1) is 25.9 Å². The average molecular weight is 522 g/mol. The van der Waals surface area contributed by atoms with Gasteiger partial charge in [0.25, 0.3) is 0 Å². The normalized spacial score (nSPS) is 22.9. The molecule has 17 nitrogen and oxygen atoms in total. The predicted octanol–water partition coefficient (Wildman–Crippen LogP) is -4.22. The SMILES string of the molecule is Nc1ccn(C[C@@H](CO)OCP(=O)(O)O)c(=O)n1.Nc1ccn([C@@H]2O[C@H](CO)[C@@H](O)[C@H]2O)c(=O)n1. The van der Waals surface area contributed by atoms with Crippen LogP contribution in [0.15, 0.2) is 34.1 Å². The number of nitrogens with two attached hydrogens (primary N) is 2. The Kier molecular flexibility index (Phi) is 10.0. The lowest BCUT2D eigenvalue weighted by atomic mass is 10.1. The number of nitrogen functional groups attached to an aromatic ring is 2. The largest absolute Gasteiger partial charge is 0.394 e. The molecule has 3 heterocycles. The van der Waals surface area contributed by atoms with E-state index in [9.17, 15) is 24.4 Å². The molecule has 2 aromatic heterocycles. The maximum absolute atomic E-state index is 11.5. The second-order valence-corrected chi connectivity index (χ2v) is 8.91. The van der Waals surface area contributed by atoms with Crippen LogP contribution in [0.5, 0.6) is 0 Å². The molecule has 2 aromatic rings.